The SMILES string of the molecule is COc1cccc(C=NNC(=O)c2cc(-c3cccnc3)nc3ccccc23)c1O. The molecule has 7 heteroatoms. The number of para-hydroxylation sites is 2. The normalized spacial score (nSPS) is 11.0. The minimum atomic E-state index is -0.391. The van der Waals surface area contributed by atoms with Crippen LogP contribution in [0.15, 0.2) is 78.2 Å². The number of benzene rings is 2. The molecule has 0 aliphatic heterocycles. The number of hydrazone groups is 1. The van der Waals surface area contributed by atoms with E-state index in [4.69, 9.17) is 4.74 Å². The molecule has 0 spiro atoms. The molecule has 30 heavy (non-hydrogen) atoms. The second-order valence-electron chi connectivity index (χ2n) is 6.41. The van der Waals surface area contributed by atoms with Gasteiger partial charge in [0, 0.05) is 28.9 Å². The van der Waals surface area contributed by atoms with Crippen LogP contribution in [0.25, 0.3) is 22.2 Å². The Morgan fingerprint density at radius 2 is 2.00 bits per heavy atom. The fourth-order valence-electron chi connectivity index (χ4n) is 3.05. The number of phenols is 1. The van der Waals surface area contributed by atoms with E-state index in [2.05, 4.69) is 20.5 Å². The number of nitrogens with zero attached hydrogens (tertiary/aromatic N) is 3. The number of aromatic nitrogens is 2. The molecule has 0 radical (unpaired) electrons. The molecule has 0 fully saturated rings. The summed E-state index contributed by atoms with van der Waals surface area (Å²) >= 11 is 0. The van der Waals surface area contributed by atoms with Crippen molar-refractivity contribution in [3.63, 3.8) is 0 Å². The van der Waals surface area contributed by atoms with Gasteiger partial charge in [-0.05, 0) is 36.4 Å². The van der Waals surface area contributed by atoms with Gasteiger partial charge >= 0.3 is 0 Å². The molecule has 1 amide bonds. The second kappa shape index (κ2) is 8.40. The maximum absolute atomic E-state index is 12.9. The Bertz CT molecular complexity index is 1240. The molecule has 0 saturated heterocycles. The predicted octanol–water partition coefficient (Wildman–Crippen LogP) is 3.77. The Balaban J connectivity index is 1.66. The van der Waals surface area contributed by atoms with Gasteiger partial charge in [-0.25, -0.2) is 10.4 Å². The largest absolute Gasteiger partial charge is 0.504 e. The number of fused-ring (bicyclic) bond motifs is 1. The van der Waals surface area contributed by atoms with Crippen molar-refractivity contribution in [3.8, 4) is 22.8 Å². The lowest BCUT2D eigenvalue weighted by atomic mass is 10.0. The van der Waals surface area contributed by atoms with Gasteiger partial charge in [0.1, 0.15) is 0 Å². The number of hydrogen-bond donors (Lipinski definition) is 2. The third-order valence-corrected chi connectivity index (χ3v) is 4.54. The molecule has 0 unspecified atom stereocenters. The summed E-state index contributed by atoms with van der Waals surface area (Å²) in [5.74, 6) is -0.116. The van der Waals surface area contributed by atoms with Crippen molar-refractivity contribution < 1.29 is 14.6 Å². The number of methoxy groups -OCH3 is 1. The molecule has 148 valence electrons. The van der Waals surface area contributed by atoms with E-state index in [1.54, 1.807) is 36.7 Å². The number of ether oxygens (including phenoxy) is 1. The number of hydrogen-bond acceptors (Lipinski definition) is 6. The number of amides is 1. The highest BCUT2D eigenvalue weighted by Crippen LogP contribution is 2.28. The first-order valence-corrected chi connectivity index (χ1v) is 9.17. The maximum Gasteiger partial charge on any atom is 0.272 e. The first kappa shape index (κ1) is 19.1. The van der Waals surface area contributed by atoms with E-state index in [-0.39, 0.29) is 5.75 Å². The van der Waals surface area contributed by atoms with Gasteiger partial charge in [-0.3, -0.25) is 9.78 Å². The van der Waals surface area contributed by atoms with E-state index in [0.29, 0.717) is 33.5 Å². The highest BCUT2D eigenvalue weighted by molar-refractivity contribution is 6.07. The van der Waals surface area contributed by atoms with Crippen molar-refractivity contribution in [1.82, 2.24) is 15.4 Å². The number of carbonyl (C=O) groups is 1. The molecule has 4 rings (SSSR count). The van der Waals surface area contributed by atoms with Crippen LogP contribution in [0.1, 0.15) is 15.9 Å². The lowest BCUT2D eigenvalue weighted by molar-refractivity contribution is 0.0956. The van der Waals surface area contributed by atoms with Gasteiger partial charge in [-0.15, -0.1) is 0 Å². The molecule has 2 aromatic carbocycles. The van der Waals surface area contributed by atoms with Crippen LogP contribution < -0.4 is 10.2 Å². The minimum Gasteiger partial charge on any atom is -0.504 e. The van der Waals surface area contributed by atoms with Gasteiger partial charge < -0.3 is 9.84 Å². The Labute approximate surface area is 172 Å². The van der Waals surface area contributed by atoms with Gasteiger partial charge in [0.05, 0.1) is 30.1 Å². The monoisotopic (exact) mass is 398 g/mol. The summed E-state index contributed by atoms with van der Waals surface area (Å²) in [6, 6.07) is 17.8. The Hall–Kier alpha value is -4.26. The second-order valence-corrected chi connectivity index (χ2v) is 6.41. The fraction of sp³-hybridized carbons (Fsp3) is 0.0435. The van der Waals surface area contributed by atoms with E-state index >= 15 is 0 Å². The summed E-state index contributed by atoms with van der Waals surface area (Å²) in [5.41, 5.74) is 5.52. The first-order chi connectivity index (χ1) is 14.7. The average Bonchev–Trinajstić information content (AvgIpc) is 2.80. The van der Waals surface area contributed by atoms with Crippen molar-refractivity contribution >= 4 is 23.0 Å². The molecule has 2 N–H and O–H groups in total. The fourth-order valence-corrected chi connectivity index (χ4v) is 3.05. The van der Waals surface area contributed by atoms with Crippen molar-refractivity contribution in [2.24, 2.45) is 5.10 Å². The molecule has 0 bridgehead atoms. The van der Waals surface area contributed by atoms with Crippen molar-refractivity contribution in [2.75, 3.05) is 7.11 Å². The van der Waals surface area contributed by atoms with Crippen LogP contribution in [-0.2, 0) is 0 Å². The van der Waals surface area contributed by atoms with Gasteiger partial charge in [-0.1, -0.05) is 24.3 Å². The van der Waals surface area contributed by atoms with Crippen molar-refractivity contribution in [1.29, 1.82) is 0 Å². The zero-order valence-electron chi connectivity index (χ0n) is 16.1. The van der Waals surface area contributed by atoms with E-state index in [1.807, 2.05) is 36.4 Å². The van der Waals surface area contributed by atoms with Gasteiger partial charge in [-0.2, -0.15) is 5.10 Å². The van der Waals surface area contributed by atoms with Crippen LogP contribution in [-0.4, -0.2) is 34.3 Å². The summed E-state index contributed by atoms with van der Waals surface area (Å²) in [6.07, 6.45) is 4.74. The Morgan fingerprint density at radius 1 is 1.13 bits per heavy atom. The predicted molar refractivity (Wildman–Crippen MR) is 115 cm³/mol. The van der Waals surface area contributed by atoms with Gasteiger partial charge in [0.2, 0.25) is 0 Å². The lowest BCUT2D eigenvalue weighted by Gasteiger charge is -2.09. The number of rotatable bonds is 5. The zero-order chi connectivity index (χ0) is 20.9. The smallest absolute Gasteiger partial charge is 0.272 e. The van der Waals surface area contributed by atoms with Crippen LogP contribution in [0.3, 0.4) is 0 Å². The third-order valence-electron chi connectivity index (χ3n) is 4.54. The lowest BCUT2D eigenvalue weighted by Crippen LogP contribution is -2.18. The van der Waals surface area contributed by atoms with E-state index in [9.17, 15) is 9.90 Å². The molecular weight excluding hydrogens is 380 g/mol. The number of phenolic OH excluding ortho intramolecular Hbond substituents is 1. The summed E-state index contributed by atoms with van der Waals surface area (Å²) in [5, 5.41) is 14.8. The van der Waals surface area contributed by atoms with Crippen molar-refractivity contribution in [3.05, 3.63) is 84.2 Å². The molecule has 0 aliphatic carbocycles. The van der Waals surface area contributed by atoms with Crippen LogP contribution >= 0.6 is 0 Å². The summed E-state index contributed by atoms with van der Waals surface area (Å²) in [7, 11) is 1.46. The summed E-state index contributed by atoms with van der Waals surface area (Å²) < 4.78 is 5.07. The highest BCUT2D eigenvalue weighted by atomic mass is 16.5. The quantitative estimate of drug-likeness (QED) is 0.394. The van der Waals surface area contributed by atoms with E-state index < -0.39 is 5.91 Å². The Kier molecular flexibility index (Phi) is 5.34. The number of carbonyl (C=O) groups excluding carboxylic acids is 1. The van der Waals surface area contributed by atoms with Crippen LogP contribution in [0.4, 0.5) is 0 Å². The minimum absolute atomic E-state index is 0.0498. The molecule has 2 heterocycles. The first-order valence-electron chi connectivity index (χ1n) is 9.17. The highest BCUT2D eigenvalue weighted by Gasteiger charge is 2.14. The summed E-state index contributed by atoms with van der Waals surface area (Å²) in [4.78, 5) is 21.6. The van der Waals surface area contributed by atoms with E-state index in [1.165, 1.54) is 13.3 Å². The zero-order valence-corrected chi connectivity index (χ0v) is 16.1. The molecule has 4 aromatic rings. The van der Waals surface area contributed by atoms with E-state index in [0.717, 1.165) is 5.56 Å². The molecule has 0 saturated carbocycles. The number of pyridine rings is 2. The topological polar surface area (TPSA) is 96.7 Å². The van der Waals surface area contributed by atoms with Crippen LogP contribution in [0.5, 0.6) is 11.5 Å². The molecular formula is C23H18N4O3. The van der Waals surface area contributed by atoms with Crippen LogP contribution in [0.2, 0.25) is 0 Å². The molecule has 2 aromatic heterocycles. The van der Waals surface area contributed by atoms with Crippen LogP contribution in [0, 0.1) is 0 Å². The average molecular weight is 398 g/mol. The maximum atomic E-state index is 12.9. The molecule has 7 nitrogen and oxygen atoms in total. The molecule has 0 aliphatic rings. The number of aromatic hydroxyl groups is 1. The van der Waals surface area contributed by atoms with Gasteiger partial charge in [0.25, 0.3) is 5.91 Å². The Morgan fingerprint density at radius 3 is 2.80 bits per heavy atom. The van der Waals surface area contributed by atoms with Gasteiger partial charge in [0.15, 0.2) is 11.5 Å². The third kappa shape index (κ3) is 3.81. The molecule has 0 atom stereocenters. The number of nitrogens with one attached hydrogen (secondary N) is 1. The standard InChI is InChI=1S/C23H18N4O3/c1-30-21-10-4-6-16(22(21)28)14-25-27-23(29)18-12-20(15-7-5-11-24-13-15)26-19-9-3-2-8-17(18)19/h2-14,28H,1H3,(H,27,29). The summed E-state index contributed by atoms with van der Waals surface area (Å²) in [6.45, 7) is 0. The van der Waals surface area contributed by atoms with Crippen molar-refractivity contribution in [2.45, 2.75) is 0 Å².